The lowest BCUT2D eigenvalue weighted by atomic mass is 9.91. The molecule has 0 amide bonds. The van der Waals surface area contributed by atoms with E-state index in [1.807, 2.05) is 12.1 Å². The minimum absolute atomic E-state index is 0.223. The van der Waals surface area contributed by atoms with Crippen LogP contribution in [0.5, 0.6) is 5.75 Å². The maximum absolute atomic E-state index is 5.20. The fourth-order valence-corrected chi connectivity index (χ4v) is 2.63. The highest BCUT2D eigenvalue weighted by Gasteiger charge is 2.19. The number of fused-ring (bicyclic) bond motifs is 1. The van der Waals surface area contributed by atoms with Crippen molar-refractivity contribution in [2.45, 2.75) is 19.4 Å². The molecule has 1 aliphatic rings. The van der Waals surface area contributed by atoms with E-state index in [0.717, 1.165) is 17.9 Å². The van der Waals surface area contributed by atoms with Crippen molar-refractivity contribution in [3.63, 3.8) is 0 Å². The highest BCUT2D eigenvalue weighted by atomic mass is 16.5. The van der Waals surface area contributed by atoms with Gasteiger partial charge in [-0.1, -0.05) is 36.4 Å². The number of nitrogens with zero attached hydrogens (tertiary/aromatic N) is 1. The van der Waals surface area contributed by atoms with E-state index in [1.54, 1.807) is 7.11 Å². The average Bonchev–Trinajstić information content (AvgIpc) is 2.47. The second-order valence-corrected chi connectivity index (χ2v) is 4.86. The Morgan fingerprint density at radius 1 is 1.05 bits per heavy atom. The molecule has 0 fully saturated rings. The molecule has 2 aromatic rings. The van der Waals surface area contributed by atoms with Crippen molar-refractivity contribution >= 4 is 5.71 Å². The van der Waals surface area contributed by atoms with Gasteiger partial charge < -0.3 is 4.74 Å². The van der Waals surface area contributed by atoms with Gasteiger partial charge in [0.1, 0.15) is 5.75 Å². The molecule has 2 aromatic carbocycles. The SMILES string of the molecule is COc1ccc(C2Cc3ccccc3C(C)=N2)cc1. The van der Waals surface area contributed by atoms with Crippen molar-refractivity contribution in [2.24, 2.45) is 4.99 Å². The van der Waals surface area contributed by atoms with E-state index in [4.69, 9.17) is 9.73 Å². The molecule has 0 saturated heterocycles. The Morgan fingerprint density at radius 2 is 1.79 bits per heavy atom. The molecule has 1 heterocycles. The molecule has 3 rings (SSSR count). The predicted molar refractivity (Wildman–Crippen MR) is 78.1 cm³/mol. The number of aliphatic imine (C=N–C) groups is 1. The normalized spacial score (nSPS) is 17.6. The fraction of sp³-hybridized carbons (Fsp3) is 0.235. The summed E-state index contributed by atoms with van der Waals surface area (Å²) in [6, 6.07) is 17.0. The van der Waals surface area contributed by atoms with Gasteiger partial charge >= 0.3 is 0 Å². The minimum atomic E-state index is 0.223. The lowest BCUT2D eigenvalue weighted by molar-refractivity contribution is 0.414. The Bertz CT molecular complexity index is 613. The number of benzene rings is 2. The molecule has 1 aliphatic heterocycles. The first-order valence-corrected chi connectivity index (χ1v) is 6.54. The van der Waals surface area contributed by atoms with Crippen molar-refractivity contribution in [1.82, 2.24) is 0 Å². The Hall–Kier alpha value is -2.09. The highest BCUT2D eigenvalue weighted by Crippen LogP contribution is 2.30. The number of hydrogen-bond donors (Lipinski definition) is 0. The Labute approximate surface area is 113 Å². The summed E-state index contributed by atoms with van der Waals surface area (Å²) in [5, 5.41) is 0. The molecule has 0 N–H and O–H groups in total. The molecule has 2 heteroatoms. The summed E-state index contributed by atoms with van der Waals surface area (Å²) >= 11 is 0. The molecule has 0 aliphatic carbocycles. The van der Waals surface area contributed by atoms with E-state index in [0.29, 0.717) is 0 Å². The number of methoxy groups -OCH3 is 1. The van der Waals surface area contributed by atoms with E-state index < -0.39 is 0 Å². The third-order valence-corrected chi connectivity index (χ3v) is 3.67. The standard InChI is InChI=1S/C17H17NO/c1-12-16-6-4-3-5-14(16)11-17(18-12)13-7-9-15(19-2)10-8-13/h3-10,17H,11H2,1-2H3. The summed E-state index contributed by atoms with van der Waals surface area (Å²) in [5.41, 5.74) is 5.04. The van der Waals surface area contributed by atoms with Gasteiger partial charge in [-0.15, -0.1) is 0 Å². The second kappa shape index (κ2) is 4.88. The van der Waals surface area contributed by atoms with Crippen LogP contribution in [0.2, 0.25) is 0 Å². The van der Waals surface area contributed by atoms with Crippen LogP contribution in [0.3, 0.4) is 0 Å². The van der Waals surface area contributed by atoms with Crippen molar-refractivity contribution in [3.05, 3.63) is 65.2 Å². The number of hydrogen-bond acceptors (Lipinski definition) is 2. The van der Waals surface area contributed by atoms with Crippen molar-refractivity contribution in [2.75, 3.05) is 7.11 Å². The first-order valence-electron chi connectivity index (χ1n) is 6.54. The molecule has 1 atom stereocenters. The van der Waals surface area contributed by atoms with Crippen molar-refractivity contribution in [1.29, 1.82) is 0 Å². The van der Waals surface area contributed by atoms with Crippen molar-refractivity contribution in [3.8, 4) is 5.75 Å². The van der Waals surface area contributed by atoms with Crippen molar-refractivity contribution < 1.29 is 4.74 Å². The quantitative estimate of drug-likeness (QED) is 0.795. The van der Waals surface area contributed by atoms with E-state index in [1.165, 1.54) is 16.7 Å². The van der Waals surface area contributed by atoms with Crippen LogP contribution in [0.15, 0.2) is 53.5 Å². The first-order chi connectivity index (χ1) is 9.28. The smallest absolute Gasteiger partial charge is 0.118 e. The summed E-state index contributed by atoms with van der Waals surface area (Å²) in [6.45, 7) is 2.09. The molecule has 0 bridgehead atoms. The van der Waals surface area contributed by atoms with Crippen LogP contribution in [0, 0.1) is 0 Å². The Morgan fingerprint density at radius 3 is 2.53 bits per heavy atom. The molecular weight excluding hydrogens is 234 g/mol. The van der Waals surface area contributed by atoms with E-state index in [-0.39, 0.29) is 6.04 Å². The Balaban J connectivity index is 1.94. The lowest BCUT2D eigenvalue weighted by Gasteiger charge is -2.22. The third-order valence-electron chi connectivity index (χ3n) is 3.67. The monoisotopic (exact) mass is 251 g/mol. The summed E-state index contributed by atoms with van der Waals surface area (Å²) in [4.78, 5) is 4.83. The minimum Gasteiger partial charge on any atom is -0.497 e. The van der Waals surface area contributed by atoms with Crippen LogP contribution in [-0.2, 0) is 6.42 Å². The van der Waals surface area contributed by atoms with Gasteiger partial charge in [-0.2, -0.15) is 0 Å². The lowest BCUT2D eigenvalue weighted by Crippen LogP contribution is -2.13. The van der Waals surface area contributed by atoms with Gasteiger partial charge in [0.25, 0.3) is 0 Å². The molecule has 0 radical (unpaired) electrons. The highest BCUT2D eigenvalue weighted by molar-refractivity contribution is 6.00. The number of rotatable bonds is 2. The fourth-order valence-electron chi connectivity index (χ4n) is 2.63. The van der Waals surface area contributed by atoms with Gasteiger partial charge in [0.2, 0.25) is 0 Å². The van der Waals surface area contributed by atoms with Gasteiger partial charge in [-0.3, -0.25) is 4.99 Å². The van der Waals surface area contributed by atoms with Gasteiger partial charge in [0.15, 0.2) is 0 Å². The predicted octanol–water partition coefficient (Wildman–Crippen LogP) is 3.80. The summed E-state index contributed by atoms with van der Waals surface area (Å²) < 4.78 is 5.20. The number of ether oxygens (including phenoxy) is 1. The average molecular weight is 251 g/mol. The van der Waals surface area contributed by atoms with Gasteiger partial charge in [0, 0.05) is 5.71 Å². The van der Waals surface area contributed by atoms with Gasteiger partial charge in [-0.05, 0) is 42.2 Å². The van der Waals surface area contributed by atoms with E-state index in [2.05, 4.69) is 43.3 Å². The summed E-state index contributed by atoms with van der Waals surface area (Å²) in [6.07, 6.45) is 0.972. The topological polar surface area (TPSA) is 21.6 Å². The molecule has 0 spiro atoms. The zero-order valence-electron chi connectivity index (χ0n) is 11.3. The zero-order chi connectivity index (χ0) is 13.2. The molecule has 2 nitrogen and oxygen atoms in total. The maximum Gasteiger partial charge on any atom is 0.118 e. The third kappa shape index (κ3) is 2.26. The molecule has 0 aromatic heterocycles. The molecular formula is C17H17NO. The zero-order valence-corrected chi connectivity index (χ0v) is 11.3. The van der Waals surface area contributed by atoms with Crippen LogP contribution < -0.4 is 4.74 Å². The van der Waals surface area contributed by atoms with Crippen LogP contribution in [0.1, 0.15) is 29.7 Å². The molecule has 1 unspecified atom stereocenters. The Kier molecular flexibility index (Phi) is 3.08. The summed E-state index contributed by atoms with van der Waals surface area (Å²) in [5.74, 6) is 0.890. The van der Waals surface area contributed by atoms with Gasteiger partial charge in [-0.25, -0.2) is 0 Å². The van der Waals surface area contributed by atoms with Crippen LogP contribution in [0.25, 0.3) is 0 Å². The van der Waals surface area contributed by atoms with E-state index in [9.17, 15) is 0 Å². The largest absolute Gasteiger partial charge is 0.497 e. The maximum atomic E-state index is 5.20. The second-order valence-electron chi connectivity index (χ2n) is 4.86. The first kappa shape index (κ1) is 12.0. The summed E-state index contributed by atoms with van der Waals surface area (Å²) in [7, 11) is 1.69. The molecule has 96 valence electrons. The molecule has 19 heavy (non-hydrogen) atoms. The van der Waals surface area contributed by atoms with Crippen LogP contribution in [-0.4, -0.2) is 12.8 Å². The molecule has 0 saturated carbocycles. The van der Waals surface area contributed by atoms with Gasteiger partial charge in [0.05, 0.1) is 13.2 Å². The van der Waals surface area contributed by atoms with Crippen LogP contribution >= 0.6 is 0 Å². The van der Waals surface area contributed by atoms with Crippen LogP contribution in [0.4, 0.5) is 0 Å². The van der Waals surface area contributed by atoms with E-state index >= 15 is 0 Å².